The quantitative estimate of drug-likeness (QED) is 0.900. The van der Waals surface area contributed by atoms with Crippen molar-refractivity contribution in [1.82, 2.24) is 10.2 Å². The van der Waals surface area contributed by atoms with Crippen molar-refractivity contribution in [2.24, 2.45) is 0 Å². The summed E-state index contributed by atoms with van der Waals surface area (Å²) in [6, 6.07) is 4.70. The molecule has 0 bridgehead atoms. The smallest absolute Gasteiger partial charge is 0.387 e. The van der Waals surface area contributed by atoms with Crippen LogP contribution in [0.25, 0.3) is 0 Å². The SMILES string of the molecule is O=C1NC(c2cc(Br)ccc2OC(F)F)N2CCCCC12. The molecule has 1 aromatic carbocycles. The molecule has 3 rings (SSSR count). The molecule has 2 saturated heterocycles. The Morgan fingerprint density at radius 3 is 2.95 bits per heavy atom. The number of carbonyl (C=O) groups is 1. The van der Waals surface area contributed by atoms with Gasteiger partial charge in [0.1, 0.15) is 11.9 Å². The van der Waals surface area contributed by atoms with Gasteiger partial charge >= 0.3 is 6.61 Å². The molecule has 0 spiro atoms. The molecule has 2 aliphatic rings. The van der Waals surface area contributed by atoms with Crippen LogP contribution in [0, 0.1) is 0 Å². The monoisotopic (exact) mass is 360 g/mol. The van der Waals surface area contributed by atoms with E-state index in [4.69, 9.17) is 0 Å². The van der Waals surface area contributed by atoms with Crippen LogP contribution in [0.5, 0.6) is 5.75 Å². The Hall–Kier alpha value is -1.21. The Morgan fingerprint density at radius 2 is 2.19 bits per heavy atom. The lowest BCUT2D eigenvalue weighted by atomic mass is 10.0. The highest BCUT2D eigenvalue weighted by Gasteiger charge is 2.42. The van der Waals surface area contributed by atoms with Crippen molar-refractivity contribution < 1.29 is 18.3 Å². The van der Waals surface area contributed by atoms with E-state index >= 15 is 0 Å². The maximum atomic E-state index is 12.6. The predicted molar refractivity (Wildman–Crippen MR) is 76.0 cm³/mol. The number of rotatable bonds is 3. The second-order valence-corrected chi connectivity index (χ2v) is 6.14. The van der Waals surface area contributed by atoms with Crippen molar-refractivity contribution in [2.45, 2.75) is 38.1 Å². The molecule has 0 aliphatic carbocycles. The van der Waals surface area contributed by atoms with Gasteiger partial charge in [-0.1, -0.05) is 22.4 Å². The molecule has 2 atom stereocenters. The van der Waals surface area contributed by atoms with E-state index in [-0.39, 0.29) is 17.7 Å². The van der Waals surface area contributed by atoms with Crippen molar-refractivity contribution in [3.8, 4) is 5.75 Å². The third kappa shape index (κ3) is 2.89. The second-order valence-electron chi connectivity index (χ2n) is 5.22. The number of carbonyl (C=O) groups excluding carboxylic acids is 1. The largest absolute Gasteiger partial charge is 0.434 e. The van der Waals surface area contributed by atoms with Crippen LogP contribution in [-0.2, 0) is 4.79 Å². The van der Waals surface area contributed by atoms with E-state index in [1.54, 1.807) is 12.1 Å². The van der Waals surface area contributed by atoms with Gasteiger partial charge < -0.3 is 10.1 Å². The topological polar surface area (TPSA) is 41.6 Å². The van der Waals surface area contributed by atoms with Crippen molar-refractivity contribution >= 4 is 21.8 Å². The third-order valence-electron chi connectivity index (χ3n) is 3.94. The van der Waals surface area contributed by atoms with Gasteiger partial charge in [-0.2, -0.15) is 8.78 Å². The number of ether oxygens (including phenoxy) is 1. The van der Waals surface area contributed by atoms with Crippen LogP contribution in [0.3, 0.4) is 0 Å². The molecule has 2 fully saturated rings. The summed E-state index contributed by atoms with van der Waals surface area (Å²) < 4.78 is 30.5. The number of nitrogens with one attached hydrogen (secondary N) is 1. The number of hydrogen-bond donors (Lipinski definition) is 1. The van der Waals surface area contributed by atoms with Crippen molar-refractivity contribution in [3.63, 3.8) is 0 Å². The molecule has 2 unspecified atom stereocenters. The Labute approximate surface area is 129 Å². The normalized spacial score (nSPS) is 25.8. The highest BCUT2D eigenvalue weighted by Crippen LogP contribution is 2.37. The zero-order chi connectivity index (χ0) is 15.0. The molecule has 1 N–H and O–H groups in total. The summed E-state index contributed by atoms with van der Waals surface area (Å²) in [5, 5.41) is 2.89. The van der Waals surface area contributed by atoms with Gasteiger partial charge in [0.25, 0.3) is 0 Å². The molecule has 1 amide bonds. The maximum Gasteiger partial charge on any atom is 0.387 e. The van der Waals surface area contributed by atoms with Gasteiger partial charge in [0.15, 0.2) is 0 Å². The molecular formula is C14H15BrF2N2O2. The first kappa shape index (κ1) is 14.7. The van der Waals surface area contributed by atoms with Gasteiger partial charge in [-0.25, -0.2) is 0 Å². The van der Waals surface area contributed by atoms with Gasteiger partial charge in [-0.15, -0.1) is 0 Å². The zero-order valence-electron chi connectivity index (χ0n) is 11.2. The standard InChI is InChI=1S/C14H15BrF2N2O2/c15-8-4-5-11(21-14(16)17)9(7-8)12-18-13(20)10-3-1-2-6-19(10)12/h4-5,7,10,12,14H,1-3,6H2,(H,18,20). The molecule has 7 heteroatoms. The van der Waals surface area contributed by atoms with Crippen LogP contribution in [0.4, 0.5) is 8.78 Å². The van der Waals surface area contributed by atoms with Crippen molar-refractivity contribution in [2.75, 3.05) is 6.54 Å². The minimum absolute atomic E-state index is 0.0392. The summed E-state index contributed by atoms with van der Waals surface area (Å²) in [6.07, 6.45) is 2.41. The average molecular weight is 361 g/mol. The average Bonchev–Trinajstić information content (AvgIpc) is 2.78. The predicted octanol–water partition coefficient (Wildman–Crippen LogP) is 3.03. The molecule has 2 heterocycles. The minimum Gasteiger partial charge on any atom is -0.434 e. The highest BCUT2D eigenvalue weighted by molar-refractivity contribution is 9.10. The Bertz CT molecular complexity index is 556. The fraction of sp³-hybridized carbons (Fsp3) is 0.500. The Morgan fingerprint density at radius 1 is 1.38 bits per heavy atom. The fourth-order valence-electron chi connectivity index (χ4n) is 3.05. The number of benzene rings is 1. The Kier molecular flexibility index (Phi) is 4.12. The number of halogens is 3. The zero-order valence-corrected chi connectivity index (χ0v) is 12.8. The lowest BCUT2D eigenvalue weighted by molar-refractivity contribution is -0.122. The van der Waals surface area contributed by atoms with Crippen molar-refractivity contribution in [3.05, 3.63) is 28.2 Å². The van der Waals surface area contributed by atoms with Crippen LogP contribution in [0.15, 0.2) is 22.7 Å². The minimum atomic E-state index is -2.89. The molecule has 0 saturated carbocycles. The number of nitrogens with zero attached hydrogens (tertiary/aromatic N) is 1. The second kappa shape index (κ2) is 5.88. The van der Waals surface area contributed by atoms with Gasteiger partial charge in [-0.05, 0) is 31.0 Å². The molecular weight excluding hydrogens is 346 g/mol. The molecule has 0 radical (unpaired) electrons. The third-order valence-corrected chi connectivity index (χ3v) is 4.43. The van der Waals surface area contributed by atoms with Crippen LogP contribution in [-0.4, -0.2) is 30.0 Å². The first-order chi connectivity index (χ1) is 10.1. The number of amides is 1. The van der Waals surface area contributed by atoms with Gasteiger partial charge in [0.05, 0.1) is 6.04 Å². The van der Waals surface area contributed by atoms with E-state index in [9.17, 15) is 13.6 Å². The van der Waals surface area contributed by atoms with Gasteiger partial charge in [0, 0.05) is 16.6 Å². The van der Waals surface area contributed by atoms with Crippen LogP contribution < -0.4 is 10.1 Å². The van der Waals surface area contributed by atoms with E-state index in [1.165, 1.54) is 6.07 Å². The summed E-state index contributed by atoms with van der Waals surface area (Å²) in [6.45, 7) is -2.12. The highest BCUT2D eigenvalue weighted by atomic mass is 79.9. The first-order valence-corrected chi connectivity index (χ1v) is 7.66. The number of alkyl halides is 2. The van der Waals surface area contributed by atoms with E-state index < -0.39 is 12.8 Å². The summed E-state index contributed by atoms with van der Waals surface area (Å²) >= 11 is 3.34. The molecule has 2 aliphatic heterocycles. The first-order valence-electron chi connectivity index (χ1n) is 6.86. The summed E-state index contributed by atoms with van der Waals surface area (Å²) in [5.41, 5.74) is 0.558. The van der Waals surface area contributed by atoms with E-state index in [2.05, 4.69) is 26.0 Å². The van der Waals surface area contributed by atoms with Crippen LogP contribution >= 0.6 is 15.9 Å². The van der Waals surface area contributed by atoms with E-state index in [1.807, 2.05) is 4.90 Å². The number of piperidine rings is 1. The molecule has 4 nitrogen and oxygen atoms in total. The fourth-order valence-corrected chi connectivity index (χ4v) is 3.43. The summed E-state index contributed by atoms with van der Waals surface area (Å²) in [7, 11) is 0. The lowest BCUT2D eigenvalue weighted by Gasteiger charge is -2.32. The van der Waals surface area contributed by atoms with Crippen LogP contribution in [0.1, 0.15) is 31.0 Å². The van der Waals surface area contributed by atoms with Gasteiger partial charge in [0.2, 0.25) is 5.91 Å². The van der Waals surface area contributed by atoms with E-state index in [0.29, 0.717) is 5.56 Å². The van der Waals surface area contributed by atoms with Crippen LogP contribution in [0.2, 0.25) is 0 Å². The summed E-state index contributed by atoms with van der Waals surface area (Å²) in [5.74, 6) is 0.0624. The number of hydrogen-bond acceptors (Lipinski definition) is 3. The van der Waals surface area contributed by atoms with Crippen molar-refractivity contribution in [1.29, 1.82) is 0 Å². The molecule has 1 aromatic rings. The Balaban J connectivity index is 1.95. The van der Waals surface area contributed by atoms with E-state index in [0.717, 1.165) is 30.3 Å². The molecule has 0 aromatic heterocycles. The number of fused-ring (bicyclic) bond motifs is 1. The maximum absolute atomic E-state index is 12.6. The lowest BCUT2D eigenvalue weighted by Crippen LogP contribution is -2.38. The molecule has 21 heavy (non-hydrogen) atoms. The molecule has 114 valence electrons. The summed E-state index contributed by atoms with van der Waals surface area (Å²) in [4.78, 5) is 14.1. The van der Waals surface area contributed by atoms with Gasteiger partial charge in [-0.3, -0.25) is 9.69 Å².